The zero-order chi connectivity index (χ0) is 11.3. The van der Waals surface area contributed by atoms with Gasteiger partial charge >= 0.3 is 6.09 Å². The van der Waals surface area contributed by atoms with E-state index in [1.807, 2.05) is 13.8 Å². The highest BCUT2D eigenvalue weighted by atomic mass is 16.5. The first kappa shape index (κ1) is 11.3. The number of rotatable bonds is 4. The molecular weight excluding hydrogens is 194 g/mol. The largest absolute Gasteiger partial charge is 0.445 e. The van der Waals surface area contributed by atoms with E-state index in [0.29, 0.717) is 11.7 Å². The van der Waals surface area contributed by atoms with Crippen molar-refractivity contribution in [2.45, 2.75) is 19.8 Å². The number of amides is 1. The van der Waals surface area contributed by atoms with Crippen LogP contribution in [0.5, 0.6) is 0 Å². The highest BCUT2D eigenvalue weighted by Crippen LogP contribution is 2.14. The van der Waals surface area contributed by atoms with E-state index < -0.39 is 6.09 Å². The van der Waals surface area contributed by atoms with Crippen LogP contribution in [-0.4, -0.2) is 22.9 Å². The zero-order valence-electron chi connectivity index (χ0n) is 8.91. The van der Waals surface area contributed by atoms with Crippen LogP contribution in [0.25, 0.3) is 0 Å². The molecule has 0 aliphatic heterocycles. The van der Waals surface area contributed by atoms with E-state index in [2.05, 4.69) is 22.1 Å². The molecule has 82 valence electrons. The summed E-state index contributed by atoms with van der Waals surface area (Å²) in [5.41, 5.74) is 0.967. The molecule has 0 spiro atoms. The Labute approximate surface area is 88.5 Å². The summed E-state index contributed by atoms with van der Waals surface area (Å²) in [6, 6.07) is 1.78. The van der Waals surface area contributed by atoms with Crippen molar-refractivity contribution in [1.29, 1.82) is 0 Å². The van der Waals surface area contributed by atoms with Gasteiger partial charge in [-0.2, -0.15) is 5.10 Å². The number of anilines is 1. The van der Waals surface area contributed by atoms with Crippen molar-refractivity contribution in [3.05, 3.63) is 24.4 Å². The van der Waals surface area contributed by atoms with Gasteiger partial charge in [0.1, 0.15) is 6.61 Å². The predicted octanol–water partition coefficient (Wildman–Crippen LogP) is 2.27. The topological polar surface area (TPSA) is 67.0 Å². The third kappa shape index (κ3) is 3.46. The van der Waals surface area contributed by atoms with Gasteiger partial charge in [-0.15, -0.1) is 0 Å². The average molecular weight is 209 g/mol. The molecule has 1 amide bonds. The number of aromatic amines is 1. The fraction of sp³-hybridized carbons (Fsp3) is 0.400. The number of nitrogens with zero attached hydrogens (tertiary/aromatic N) is 1. The minimum absolute atomic E-state index is 0.188. The minimum Gasteiger partial charge on any atom is -0.445 e. The van der Waals surface area contributed by atoms with Crippen molar-refractivity contribution < 1.29 is 9.53 Å². The molecule has 5 nitrogen and oxygen atoms in total. The number of H-pyrrole nitrogens is 1. The fourth-order valence-electron chi connectivity index (χ4n) is 0.972. The Balaban J connectivity index is 2.49. The van der Waals surface area contributed by atoms with Crippen LogP contribution in [0.1, 0.15) is 25.5 Å². The van der Waals surface area contributed by atoms with Crippen molar-refractivity contribution in [1.82, 2.24) is 10.2 Å². The third-order valence-corrected chi connectivity index (χ3v) is 1.78. The van der Waals surface area contributed by atoms with Gasteiger partial charge in [0.15, 0.2) is 5.82 Å². The lowest BCUT2D eigenvalue weighted by atomic mass is 10.1. The lowest BCUT2D eigenvalue weighted by molar-refractivity contribution is 0.174. The standard InChI is InChI=1S/C10H15N3O2/c1-4-5-15-10(14)11-9-6-8(7(2)3)12-13-9/h4,6-7H,1,5H2,2-3H3,(H2,11,12,13,14). The number of hydrogen-bond donors (Lipinski definition) is 2. The summed E-state index contributed by atoms with van der Waals surface area (Å²) in [7, 11) is 0. The Hall–Kier alpha value is -1.78. The van der Waals surface area contributed by atoms with Crippen molar-refractivity contribution in [2.75, 3.05) is 11.9 Å². The quantitative estimate of drug-likeness (QED) is 0.747. The van der Waals surface area contributed by atoms with E-state index >= 15 is 0 Å². The summed E-state index contributed by atoms with van der Waals surface area (Å²) in [6.45, 7) is 7.70. The Morgan fingerprint density at radius 2 is 2.53 bits per heavy atom. The third-order valence-electron chi connectivity index (χ3n) is 1.78. The Bertz CT molecular complexity index is 344. The Morgan fingerprint density at radius 3 is 3.07 bits per heavy atom. The maximum atomic E-state index is 11.1. The Morgan fingerprint density at radius 1 is 1.80 bits per heavy atom. The maximum absolute atomic E-state index is 11.1. The van der Waals surface area contributed by atoms with Gasteiger partial charge in [-0.05, 0) is 5.92 Å². The van der Waals surface area contributed by atoms with Crippen LogP contribution in [0.2, 0.25) is 0 Å². The smallest absolute Gasteiger partial charge is 0.413 e. The van der Waals surface area contributed by atoms with Crippen molar-refractivity contribution >= 4 is 11.9 Å². The molecule has 0 radical (unpaired) electrons. The first-order valence-corrected chi connectivity index (χ1v) is 4.73. The van der Waals surface area contributed by atoms with Gasteiger partial charge in [-0.25, -0.2) is 4.79 Å². The van der Waals surface area contributed by atoms with Gasteiger partial charge in [0.2, 0.25) is 0 Å². The van der Waals surface area contributed by atoms with Gasteiger partial charge in [-0.3, -0.25) is 10.4 Å². The summed E-state index contributed by atoms with van der Waals surface area (Å²) in [4.78, 5) is 11.1. The van der Waals surface area contributed by atoms with Crippen LogP contribution in [0, 0.1) is 0 Å². The lowest BCUT2D eigenvalue weighted by Gasteiger charge is -2.00. The molecule has 0 aromatic carbocycles. The summed E-state index contributed by atoms with van der Waals surface area (Å²) < 4.78 is 4.74. The molecule has 0 aliphatic rings. The predicted molar refractivity (Wildman–Crippen MR) is 57.8 cm³/mol. The SMILES string of the molecule is C=CCOC(=O)Nc1cc(C(C)C)[nH]n1. The molecule has 0 saturated heterocycles. The summed E-state index contributed by atoms with van der Waals surface area (Å²) >= 11 is 0. The normalized spacial score (nSPS) is 10.1. The van der Waals surface area contributed by atoms with E-state index in [1.165, 1.54) is 6.08 Å². The van der Waals surface area contributed by atoms with Gasteiger partial charge in [0.05, 0.1) is 0 Å². The molecule has 0 unspecified atom stereocenters. The second-order valence-corrected chi connectivity index (χ2v) is 3.38. The fourth-order valence-corrected chi connectivity index (χ4v) is 0.972. The maximum Gasteiger partial charge on any atom is 0.413 e. The number of nitrogens with one attached hydrogen (secondary N) is 2. The molecular formula is C10H15N3O2. The second kappa shape index (κ2) is 5.19. The molecule has 2 N–H and O–H groups in total. The van der Waals surface area contributed by atoms with Crippen molar-refractivity contribution in [3.63, 3.8) is 0 Å². The van der Waals surface area contributed by atoms with E-state index in [4.69, 9.17) is 4.74 Å². The number of aromatic nitrogens is 2. The van der Waals surface area contributed by atoms with Crippen molar-refractivity contribution in [2.24, 2.45) is 0 Å². The molecule has 0 bridgehead atoms. The van der Waals surface area contributed by atoms with Crippen LogP contribution >= 0.6 is 0 Å². The van der Waals surface area contributed by atoms with E-state index in [9.17, 15) is 4.79 Å². The van der Waals surface area contributed by atoms with Crippen LogP contribution in [0.4, 0.5) is 10.6 Å². The highest BCUT2D eigenvalue weighted by molar-refractivity contribution is 5.83. The summed E-state index contributed by atoms with van der Waals surface area (Å²) in [6.07, 6.45) is 0.973. The number of carbonyl (C=O) groups is 1. The number of carbonyl (C=O) groups excluding carboxylic acids is 1. The molecule has 0 saturated carbocycles. The molecule has 0 atom stereocenters. The molecule has 5 heteroatoms. The van der Waals surface area contributed by atoms with Gasteiger partial charge in [0, 0.05) is 11.8 Å². The first-order valence-electron chi connectivity index (χ1n) is 4.73. The molecule has 0 fully saturated rings. The zero-order valence-corrected chi connectivity index (χ0v) is 8.91. The van der Waals surface area contributed by atoms with Gasteiger partial charge in [-0.1, -0.05) is 26.5 Å². The van der Waals surface area contributed by atoms with Crippen LogP contribution in [0.3, 0.4) is 0 Å². The molecule has 15 heavy (non-hydrogen) atoms. The molecule has 0 aliphatic carbocycles. The minimum atomic E-state index is -0.531. The van der Waals surface area contributed by atoms with Crippen LogP contribution in [0.15, 0.2) is 18.7 Å². The molecule has 1 aromatic heterocycles. The number of ether oxygens (including phenoxy) is 1. The summed E-state index contributed by atoms with van der Waals surface area (Å²) in [5, 5.41) is 9.25. The van der Waals surface area contributed by atoms with Crippen LogP contribution in [-0.2, 0) is 4.74 Å². The highest BCUT2D eigenvalue weighted by Gasteiger charge is 2.07. The van der Waals surface area contributed by atoms with E-state index in [0.717, 1.165) is 5.69 Å². The van der Waals surface area contributed by atoms with E-state index in [-0.39, 0.29) is 6.61 Å². The van der Waals surface area contributed by atoms with Crippen molar-refractivity contribution in [3.8, 4) is 0 Å². The number of hydrogen-bond acceptors (Lipinski definition) is 3. The molecule has 1 heterocycles. The van der Waals surface area contributed by atoms with Crippen LogP contribution < -0.4 is 5.32 Å². The first-order chi connectivity index (χ1) is 7.13. The molecule has 1 rings (SSSR count). The molecule has 1 aromatic rings. The average Bonchev–Trinajstić information content (AvgIpc) is 2.63. The second-order valence-electron chi connectivity index (χ2n) is 3.38. The monoisotopic (exact) mass is 209 g/mol. The van der Waals surface area contributed by atoms with Gasteiger partial charge in [0.25, 0.3) is 0 Å². The van der Waals surface area contributed by atoms with E-state index in [1.54, 1.807) is 6.07 Å². The lowest BCUT2D eigenvalue weighted by Crippen LogP contribution is -2.13. The Kier molecular flexibility index (Phi) is 3.91. The summed E-state index contributed by atoms with van der Waals surface area (Å²) in [5.74, 6) is 0.810. The van der Waals surface area contributed by atoms with Gasteiger partial charge < -0.3 is 4.74 Å².